The zero-order valence-electron chi connectivity index (χ0n) is 14.3. The fraction of sp³-hybridized carbons (Fsp3) is 0.263. The summed E-state index contributed by atoms with van der Waals surface area (Å²) >= 11 is 0. The Morgan fingerprint density at radius 3 is 2.72 bits per heavy atom. The van der Waals surface area contributed by atoms with Gasteiger partial charge in [-0.15, -0.1) is 6.42 Å². The fourth-order valence-corrected chi connectivity index (χ4v) is 2.18. The summed E-state index contributed by atoms with van der Waals surface area (Å²) in [6, 6.07) is 8.81. The lowest BCUT2D eigenvalue weighted by Crippen LogP contribution is -2.37. The van der Waals surface area contributed by atoms with Crippen molar-refractivity contribution in [2.24, 2.45) is 0 Å². The fourth-order valence-electron chi connectivity index (χ4n) is 2.18. The van der Waals surface area contributed by atoms with Gasteiger partial charge < -0.3 is 20.1 Å². The maximum absolute atomic E-state index is 11.7. The molecule has 2 amide bonds. The molecule has 1 atom stereocenters. The van der Waals surface area contributed by atoms with Gasteiger partial charge in [-0.3, -0.25) is 4.98 Å². The Balaban J connectivity index is 2.02. The van der Waals surface area contributed by atoms with E-state index in [1.807, 2.05) is 37.3 Å². The number of pyridine rings is 1. The van der Waals surface area contributed by atoms with E-state index in [2.05, 4.69) is 21.5 Å². The Morgan fingerprint density at radius 2 is 2.04 bits per heavy atom. The molecule has 1 aromatic heterocycles. The first-order valence-corrected chi connectivity index (χ1v) is 7.81. The number of nitrogens with one attached hydrogen (secondary N) is 2. The Kier molecular flexibility index (Phi) is 6.66. The second-order valence-electron chi connectivity index (χ2n) is 5.31. The molecule has 6 heteroatoms. The van der Waals surface area contributed by atoms with Crippen LogP contribution in [0, 0.1) is 12.3 Å². The Morgan fingerprint density at radius 1 is 1.28 bits per heavy atom. The SMILES string of the molecule is C#CCNC(=O)N[C@@H](C)c1ccc(OCc2ccncc2)c(OC)c1. The third-order valence-electron chi connectivity index (χ3n) is 3.53. The molecule has 0 unspecified atom stereocenters. The predicted octanol–water partition coefficient (Wildman–Crippen LogP) is 2.66. The van der Waals surface area contributed by atoms with Gasteiger partial charge in [0.15, 0.2) is 11.5 Å². The van der Waals surface area contributed by atoms with Gasteiger partial charge in [0, 0.05) is 12.4 Å². The van der Waals surface area contributed by atoms with Crippen molar-refractivity contribution in [3.8, 4) is 23.8 Å². The second-order valence-corrected chi connectivity index (χ2v) is 5.31. The molecule has 0 aliphatic carbocycles. The van der Waals surface area contributed by atoms with E-state index in [1.165, 1.54) is 0 Å². The summed E-state index contributed by atoms with van der Waals surface area (Å²) in [6.07, 6.45) is 8.56. The van der Waals surface area contributed by atoms with Gasteiger partial charge in [0.2, 0.25) is 0 Å². The standard InChI is InChI=1S/C19H21N3O3/c1-4-9-21-19(23)22-14(2)16-5-6-17(18(12-16)24-3)25-13-15-7-10-20-11-8-15/h1,5-8,10-12,14H,9,13H2,2-3H3,(H2,21,22,23)/t14-/m0/s1. The van der Waals surface area contributed by atoms with Gasteiger partial charge in [-0.25, -0.2) is 4.79 Å². The lowest BCUT2D eigenvalue weighted by atomic mass is 10.1. The summed E-state index contributed by atoms with van der Waals surface area (Å²) in [4.78, 5) is 15.7. The van der Waals surface area contributed by atoms with Crippen molar-refractivity contribution >= 4 is 6.03 Å². The minimum absolute atomic E-state index is 0.184. The van der Waals surface area contributed by atoms with E-state index >= 15 is 0 Å². The molecular weight excluding hydrogens is 318 g/mol. The number of nitrogens with zero attached hydrogens (tertiary/aromatic N) is 1. The number of benzene rings is 1. The molecular formula is C19H21N3O3. The Bertz CT molecular complexity index is 741. The highest BCUT2D eigenvalue weighted by molar-refractivity contribution is 5.74. The summed E-state index contributed by atoms with van der Waals surface area (Å²) in [5.74, 6) is 3.59. The van der Waals surface area contributed by atoms with E-state index in [1.54, 1.807) is 19.5 Å². The third-order valence-corrected chi connectivity index (χ3v) is 3.53. The minimum Gasteiger partial charge on any atom is -0.493 e. The Hall–Kier alpha value is -3.20. The zero-order chi connectivity index (χ0) is 18.1. The number of terminal acetylenes is 1. The first-order valence-electron chi connectivity index (χ1n) is 7.81. The van der Waals surface area contributed by atoms with Crippen molar-refractivity contribution in [3.63, 3.8) is 0 Å². The van der Waals surface area contributed by atoms with Gasteiger partial charge in [0.05, 0.1) is 19.7 Å². The second kappa shape index (κ2) is 9.18. The van der Waals surface area contributed by atoms with E-state index < -0.39 is 0 Å². The number of urea groups is 1. The van der Waals surface area contributed by atoms with Crippen molar-refractivity contribution < 1.29 is 14.3 Å². The average molecular weight is 339 g/mol. The van der Waals surface area contributed by atoms with Crippen LogP contribution in [-0.2, 0) is 6.61 Å². The summed E-state index contributed by atoms with van der Waals surface area (Å²) in [7, 11) is 1.58. The van der Waals surface area contributed by atoms with Gasteiger partial charge in [0.1, 0.15) is 6.61 Å². The van der Waals surface area contributed by atoms with Crippen molar-refractivity contribution in [3.05, 3.63) is 53.9 Å². The minimum atomic E-state index is -0.317. The first kappa shape index (κ1) is 18.1. The number of carbonyl (C=O) groups excluding carboxylic acids is 1. The van der Waals surface area contributed by atoms with E-state index in [4.69, 9.17) is 15.9 Å². The lowest BCUT2D eigenvalue weighted by Gasteiger charge is -2.17. The van der Waals surface area contributed by atoms with Gasteiger partial charge in [-0.05, 0) is 42.3 Å². The molecule has 6 nitrogen and oxygen atoms in total. The molecule has 2 N–H and O–H groups in total. The molecule has 0 fully saturated rings. The highest BCUT2D eigenvalue weighted by atomic mass is 16.5. The topological polar surface area (TPSA) is 72.5 Å². The normalized spacial score (nSPS) is 11.1. The van der Waals surface area contributed by atoms with E-state index in [0.29, 0.717) is 18.1 Å². The molecule has 2 rings (SSSR count). The van der Waals surface area contributed by atoms with E-state index in [0.717, 1.165) is 11.1 Å². The predicted molar refractivity (Wildman–Crippen MR) is 95.3 cm³/mol. The van der Waals surface area contributed by atoms with E-state index in [-0.39, 0.29) is 18.6 Å². The molecule has 130 valence electrons. The van der Waals surface area contributed by atoms with Crippen LogP contribution in [0.25, 0.3) is 0 Å². The van der Waals surface area contributed by atoms with Crippen molar-refractivity contribution in [1.82, 2.24) is 15.6 Å². The van der Waals surface area contributed by atoms with Crippen molar-refractivity contribution in [1.29, 1.82) is 0 Å². The monoisotopic (exact) mass is 339 g/mol. The number of carbonyl (C=O) groups is 1. The zero-order valence-corrected chi connectivity index (χ0v) is 14.3. The van der Waals surface area contributed by atoms with E-state index in [9.17, 15) is 4.79 Å². The Labute approximate surface area is 147 Å². The summed E-state index contributed by atoms with van der Waals surface area (Å²) < 4.78 is 11.2. The first-order chi connectivity index (χ1) is 12.1. The number of hydrogen-bond acceptors (Lipinski definition) is 4. The molecule has 0 spiro atoms. The van der Waals surface area contributed by atoms with Gasteiger partial charge in [-0.2, -0.15) is 0 Å². The van der Waals surface area contributed by atoms with Crippen LogP contribution in [0.2, 0.25) is 0 Å². The number of methoxy groups -OCH3 is 1. The molecule has 0 bridgehead atoms. The van der Waals surface area contributed by atoms with Crippen LogP contribution in [0.3, 0.4) is 0 Å². The molecule has 2 aromatic rings. The summed E-state index contributed by atoms with van der Waals surface area (Å²) in [5.41, 5.74) is 1.91. The molecule has 0 radical (unpaired) electrons. The lowest BCUT2D eigenvalue weighted by molar-refractivity contribution is 0.239. The number of ether oxygens (including phenoxy) is 2. The molecule has 0 aliphatic heterocycles. The molecule has 0 saturated heterocycles. The number of aromatic nitrogens is 1. The van der Waals surface area contributed by atoms with Gasteiger partial charge >= 0.3 is 6.03 Å². The molecule has 25 heavy (non-hydrogen) atoms. The molecule has 1 aromatic carbocycles. The van der Waals surface area contributed by atoms with Crippen LogP contribution in [0.4, 0.5) is 4.79 Å². The molecule has 0 saturated carbocycles. The smallest absolute Gasteiger partial charge is 0.316 e. The maximum Gasteiger partial charge on any atom is 0.316 e. The van der Waals surface area contributed by atoms with Crippen molar-refractivity contribution in [2.45, 2.75) is 19.6 Å². The highest BCUT2D eigenvalue weighted by Crippen LogP contribution is 2.30. The quantitative estimate of drug-likeness (QED) is 0.761. The van der Waals surface area contributed by atoms with Crippen molar-refractivity contribution in [2.75, 3.05) is 13.7 Å². The third kappa shape index (κ3) is 5.43. The largest absolute Gasteiger partial charge is 0.493 e. The van der Waals surface area contributed by atoms with Crippen LogP contribution in [0.15, 0.2) is 42.7 Å². The molecule has 0 aliphatic rings. The molecule has 1 heterocycles. The van der Waals surface area contributed by atoms with Crippen LogP contribution in [0.1, 0.15) is 24.1 Å². The number of rotatable bonds is 7. The maximum atomic E-state index is 11.7. The number of amides is 2. The summed E-state index contributed by atoms with van der Waals surface area (Å²) in [5, 5.41) is 5.37. The van der Waals surface area contributed by atoms with Crippen LogP contribution >= 0.6 is 0 Å². The van der Waals surface area contributed by atoms with Gasteiger partial charge in [0.25, 0.3) is 0 Å². The van der Waals surface area contributed by atoms with Crippen LogP contribution in [-0.4, -0.2) is 24.7 Å². The van der Waals surface area contributed by atoms with Crippen LogP contribution < -0.4 is 20.1 Å². The average Bonchev–Trinajstić information content (AvgIpc) is 2.65. The summed E-state index contributed by atoms with van der Waals surface area (Å²) in [6.45, 7) is 2.48. The van der Waals surface area contributed by atoms with Gasteiger partial charge in [-0.1, -0.05) is 12.0 Å². The highest BCUT2D eigenvalue weighted by Gasteiger charge is 2.13. The van der Waals surface area contributed by atoms with Crippen LogP contribution in [0.5, 0.6) is 11.5 Å². The number of hydrogen-bond donors (Lipinski definition) is 2.